The first kappa shape index (κ1) is 32.8. The largest absolute Gasteiger partial charge is 0.455 e. The third-order valence-corrected chi connectivity index (χ3v) is 11.1. The first-order valence-electron chi connectivity index (χ1n) is 19.3. The number of benzene rings is 9. The number of fused-ring (bicyclic) bond motifs is 5. The summed E-state index contributed by atoms with van der Waals surface area (Å²) in [4.78, 5) is 10.5. The minimum Gasteiger partial charge on any atom is -0.455 e. The number of rotatable bonds is 6. The van der Waals surface area contributed by atoms with Gasteiger partial charge in [0.05, 0.1) is 5.56 Å². The van der Waals surface area contributed by atoms with E-state index in [4.69, 9.17) is 14.4 Å². The summed E-state index contributed by atoms with van der Waals surface area (Å²) in [6.07, 6.45) is -0.350. The summed E-state index contributed by atoms with van der Waals surface area (Å²) in [5.74, 6) is 1.38. The zero-order valence-electron chi connectivity index (χ0n) is 30.9. The van der Waals surface area contributed by atoms with Crippen molar-refractivity contribution in [3.8, 4) is 33.4 Å². The molecule has 1 atom stereocenters. The van der Waals surface area contributed by atoms with Gasteiger partial charge in [0, 0.05) is 16.3 Å². The van der Waals surface area contributed by atoms with Crippen LogP contribution in [-0.2, 0) is 0 Å². The molecule has 4 nitrogen and oxygen atoms in total. The highest BCUT2D eigenvalue weighted by molar-refractivity contribution is 6.23. The van der Waals surface area contributed by atoms with Crippen LogP contribution < -0.4 is 5.32 Å². The van der Waals surface area contributed by atoms with Gasteiger partial charge in [0.1, 0.15) is 23.2 Å². The number of amidine groups is 2. The van der Waals surface area contributed by atoms with Gasteiger partial charge in [0.2, 0.25) is 0 Å². The van der Waals surface area contributed by atoms with Crippen LogP contribution in [0.2, 0.25) is 0 Å². The molecule has 10 aromatic rings. The standard InChI is InChI=1S/C53H35N3O/c1-3-13-34(14-4-1)39-21-11-22-42(31-39)52-54-51(38-16-5-2-6-17-38)55-53(56-52)46-30-29-45(49-47-32-40-18-7-8-19-41(40)33-48(47)57-50(46)49)37-27-25-36(26-28-37)44-24-12-20-35-15-9-10-23-43(35)44/h1-33,51H,(H,54,55,56). The summed E-state index contributed by atoms with van der Waals surface area (Å²) in [5.41, 5.74) is 11.4. The smallest absolute Gasteiger partial charge is 0.159 e. The van der Waals surface area contributed by atoms with Crippen LogP contribution in [0.4, 0.5) is 0 Å². The SMILES string of the molecule is c1ccc(-c2cccc(C3=NC(c4ccccc4)NC(c4ccc(-c5ccc(-c6cccc7ccccc67)cc5)c5c4oc4cc6ccccc6cc45)=N3)c2)cc1. The Balaban J connectivity index is 1.09. The number of hydrogen-bond acceptors (Lipinski definition) is 4. The second kappa shape index (κ2) is 13.6. The molecule has 0 spiro atoms. The number of furan rings is 1. The molecular weight excluding hydrogens is 695 g/mol. The van der Waals surface area contributed by atoms with Gasteiger partial charge in [-0.15, -0.1) is 0 Å². The Labute approximate surface area is 330 Å². The lowest BCUT2D eigenvalue weighted by Crippen LogP contribution is -2.33. The van der Waals surface area contributed by atoms with Crippen molar-refractivity contribution in [3.05, 3.63) is 217 Å². The van der Waals surface area contributed by atoms with Gasteiger partial charge in [-0.1, -0.05) is 176 Å². The van der Waals surface area contributed by atoms with Gasteiger partial charge in [-0.2, -0.15) is 0 Å². The van der Waals surface area contributed by atoms with Crippen molar-refractivity contribution in [2.24, 2.45) is 9.98 Å². The first-order valence-corrected chi connectivity index (χ1v) is 19.3. The van der Waals surface area contributed by atoms with E-state index >= 15 is 0 Å². The molecular formula is C53H35N3O. The lowest BCUT2D eigenvalue weighted by atomic mass is 9.93. The molecule has 9 aromatic carbocycles. The molecule has 4 heteroatoms. The zero-order chi connectivity index (χ0) is 37.7. The van der Waals surface area contributed by atoms with E-state index in [1.54, 1.807) is 0 Å². The molecule has 1 aliphatic rings. The van der Waals surface area contributed by atoms with Crippen LogP contribution in [0.25, 0.3) is 76.9 Å². The minimum atomic E-state index is -0.350. The Morgan fingerprint density at radius 1 is 0.421 bits per heavy atom. The van der Waals surface area contributed by atoms with Gasteiger partial charge in [-0.05, 0) is 84.8 Å². The molecule has 1 N–H and O–H groups in total. The summed E-state index contributed by atoms with van der Waals surface area (Å²) < 4.78 is 6.95. The Bertz CT molecular complexity index is 3190. The number of nitrogens with zero attached hydrogens (tertiary/aromatic N) is 2. The van der Waals surface area contributed by atoms with E-state index in [1.807, 2.05) is 12.1 Å². The summed E-state index contributed by atoms with van der Waals surface area (Å²) in [7, 11) is 0. The second-order valence-corrected chi connectivity index (χ2v) is 14.6. The normalized spacial score (nSPS) is 14.1. The quantitative estimate of drug-likeness (QED) is 0.185. The Morgan fingerprint density at radius 3 is 1.84 bits per heavy atom. The second-order valence-electron chi connectivity index (χ2n) is 14.6. The molecule has 1 aliphatic heterocycles. The van der Waals surface area contributed by atoms with Crippen molar-refractivity contribution in [1.29, 1.82) is 0 Å². The Morgan fingerprint density at radius 2 is 1.04 bits per heavy atom. The molecule has 1 unspecified atom stereocenters. The molecule has 0 aliphatic carbocycles. The summed E-state index contributed by atoms with van der Waals surface area (Å²) >= 11 is 0. The third kappa shape index (κ3) is 5.87. The first-order chi connectivity index (χ1) is 28.2. The number of aliphatic imine (C=N–C) groups is 2. The van der Waals surface area contributed by atoms with E-state index in [1.165, 1.54) is 27.3 Å². The average molecular weight is 730 g/mol. The monoisotopic (exact) mass is 729 g/mol. The van der Waals surface area contributed by atoms with Crippen molar-refractivity contribution < 1.29 is 4.42 Å². The third-order valence-electron chi connectivity index (χ3n) is 11.1. The average Bonchev–Trinajstić information content (AvgIpc) is 3.66. The van der Waals surface area contributed by atoms with Gasteiger partial charge >= 0.3 is 0 Å². The van der Waals surface area contributed by atoms with Crippen LogP contribution in [0.15, 0.2) is 215 Å². The van der Waals surface area contributed by atoms with Gasteiger partial charge in [-0.3, -0.25) is 0 Å². The highest BCUT2D eigenvalue weighted by atomic mass is 16.3. The van der Waals surface area contributed by atoms with Crippen LogP contribution in [-0.4, -0.2) is 11.7 Å². The Hall–Kier alpha value is -7.56. The molecule has 0 saturated heterocycles. The van der Waals surface area contributed by atoms with Crippen LogP contribution in [0.3, 0.4) is 0 Å². The maximum absolute atomic E-state index is 6.95. The summed E-state index contributed by atoms with van der Waals surface area (Å²) in [5, 5.41) is 10.6. The van der Waals surface area contributed by atoms with Gasteiger partial charge in [0.25, 0.3) is 0 Å². The predicted molar refractivity (Wildman–Crippen MR) is 237 cm³/mol. The van der Waals surface area contributed by atoms with Crippen LogP contribution in [0.1, 0.15) is 22.9 Å². The van der Waals surface area contributed by atoms with E-state index in [-0.39, 0.29) is 6.17 Å². The fourth-order valence-electron chi connectivity index (χ4n) is 8.29. The van der Waals surface area contributed by atoms with Crippen molar-refractivity contribution in [2.45, 2.75) is 6.17 Å². The van der Waals surface area contributed by atoms with Crippen molar-refractivity contribution in [1.82, 2.24) is 5.32 Å². The topological polar surface area (TPSA) is 49.9 Å². The van der Waals surface area contributed by atoms with Crippen molar-refractivity contribution >= 4 is 55.2 Å². The molecule has 1 aromatic heterocycles. The molecule has 0 saturated carbocycles. The molecule has 0 bridgehead atoms. The highest BCUT2D eigenvalue weighted by Gasteiger charge is 2.26. The van der Waals surface area contributed by atoms with Gasteiger partial charge in [0.15, 0.2) is 5.84 Å². The van der Waals surface area contributed by atoms with Crippen LogP contribution in [0, 0.1) is 0 Å². The van der Waals surface area contributed by atoms with E-state index < -0.39 is 0 Å². The highest BCUT2D eigenvalue weighted by Crippen LogP contribution is 2.41. The molecule has 57 heavy (non-hydrogen) atoms. The molecule has 0 radical (unpaired) electrons. The molecule has 11 rings (SSSR count). The maximum Gasteiger partial charge on any atom is 0.159 e. The van der Waals surface area contributed by atoms with Crippen molar-refractivity contribution in [3.63, 3.8) is 0 Å². The molecule has 268 valence electrons. The van der Waals surface area contributed by atoms with E-state index in [2.05, 4.69) is 193 Å². The maximum atomic E-state index is 6.95. The number of nitrogens with one attached hydrogen (secondary N) is 1. The predicted octanol–water partition coefficient (Wildman–Crippen LogP) is 13.4. The van der Waals surface area contributed by atoms with Gasteiger partial charge < -0.3 is 9.73 Å². The fraction of sp³-hybridized carbons (Fsp3) is 0.0189. The minimum absolute atomic E-state index is 0.350. The number of hydrogen-bond donors (Lipinski definition) is 1. The molecule has 0 fully saturated rings. The zero-order valence-corrected chi connectivity index (χ0v) is 30.9. The fourth-order valence-corrected chi connectivity index (χ4v) is 8.29. The van der Waals surface area contributed by atoms with Gasteiger partial charge in [-0.25, -0.2) is 9.98 Å². The van der Waals surface area contributed by atoms with Crippen molar-refractivity contribution in [2.75, 3.05) is 0 Å². The van der Waals surface area contributed by atoms with Crippen LogP contribution in [0.5, 0.6) is 0 Å². The Kier molecular flexibility index (Phi) is 7.85. The van der Waals surface area contributed by atoms with E-state index in [9.17, 15) is 0 Å². The summed E-state index contributed by atoms with van der Waals surface area (Å²) in [6, 6.07) is 70.5. The lowest BCUT2D eigenvalue weighted by molar-refractivity contribution is 0.660. The summed E-state index contributed by atoms with van der Waals surface area (Å²) in [6.45, 7) is 0. The molecule has 0 amide bonds. The molecule has 2 heterocycles. The lowest BCUT2D eigenvalue weighted by Gasteiger charge is -2.24. The van der Waals surface area contributed by atoms with Crippen LogP contribution >= 0.6 is 0 Å². The van der Waals surface area contributed by atoms with E-state index in [0.717, 1.165) is 66.3 Å². The van der Waals surface area contributed by atoms with E-state index in [0.29, 0.717) is 11.7 Å².